The van der Waals surface area contributed by atoms with E-state index < -0.39 is 5.97 Å². The number of aromatic hydroxyl groups is 1. The van der Waals surface area contributed by atoms with E-state index >= 15 is 0 Å². The Bertz CT molecular complexity index is 373. The van der Waals surface area contributed by atoms with E-state index in [0.29, 0.717) is 5.75 Å². The molecule has 0 aliphatic rings. The molecule has 0 aliphatic carbocycles. The summed E-state index contributed by atoms with van der Waals surface area (Å²) in [6.45, 7) is 1.94. The third kappa shape index (κ3) is 2.89. The molecule has 1 atom stereocenters. The molecule has 2 N–H and O–H groups in total. The molecule has 0 amide bonds. The van der Waals surface area contributed by atoms with E-state index in [1.807, 2.05) is 6.92 Å². The molecular weight excluding hydrogens is 208 g/mol. The molecule has 0 bridgehead atoms. The Morgan fingerprint density at radius 3 is 2.69 bits per heavy atom. The van der Waals surface area contributed by atoms with Crippen molar-refractivity contribution < 1.29 is 19.7 Å². The van der Waals surface area contributed by atoms with Crippen LogP contribution in [0, 0.1) is 0 Å². The van der Waals surface area contributed by atoms with Gasteiger partial charge in [-0.1, -0.05) is 13.0 Å². The highest BCUT2D eigenvalue weighted by Crippen LogP contribution is 2.32. The van der Waals surface area contributed by atoms with Crippen molar-refractivity contribution >= 4 is 5.97 Å². The Morgan fingerprint density at radius 2 is 2.19 bits per heavy atom. The molecular formula is C12H16O4. The Balaban J connectivity index is 2.96. The van der Waals surface area contributed by atoms with Gasteiger partial charge in [0.05, 0.1) is 13.5 Å². The molecule has 0 aromatic heterocycles. The van der Waals surface area contributed by atoms with Gasteiger partial charge in [-0.15, -0.1) is 0 Å². The van der Waals surface area contributed by atoms with Crippen LogP contribution in [0.3, 0.4) is 0 Å². The van der Waals surface area contributed by atoms with Crippen LogP contribution in [0.5, 0.6) is 11.5 Å². The van der Waals surface area contributed by atoms with Gasteiger partial charge in [0.15, 0.2) is 11.5 Å². The van der Waals surface area contributed by atoms with Gasteiger partial charge in [-0.2, -0.15) is 0 Å². The van der Waals surface area contributed by atoms with Crippen molar-refractivity contribution in [3.63, 3.8) is 0 Å². The number of phenols is 1. The molecule has 0 heterocycles. The number of hydrogen-bond acceptors (Lipinski definition) is 3. The number of carboxylic acids is 1. The number of carboxylic acid groups (broad SMARTS) is 1. The molecule has 1 aromatic rings. The summed E-state index contributed by atoms with van der Waals surface area (Å²) in [5.41, 5.74) is 0.875. The summed E-state index contributed by atoms with van der Waals surface area (Å²) in [5, 5.41) is 18.2. The lowest BCUT2D eigenvalue weighted by atomic mass is 9.93. The van der Waals surface area contributed by atoms with Crippen LogP contribution in [0.25, 0.3) is 0 Å². The molecule has 1 aromatic carbocycles. The van der Waals surface area contributed by atoms with Crippen molar-refractivity contribution in [2.24, 2.45) is 0 Å². The number of aliphatic carboxylic acids is 1. The zero-order valence-electron chi connectivity index (χ0n) is 9.43. The zero-order valence-corrected chi connectivity index (χ0v) is 9.43. The summed E-state index contributed by atoms with van der Waals surface area (Å²) < 4.78 is 4.99. The normalized spacial score (nSPS) is 12.1. The van der Waals surface area contributed by atoms with Crippen molar-refractivity contribution in [3.8, 4) is 11.5 Å². The van der Waals surface area contributed by atoms with Gasteiger partial charge in [0.1, 0.15) is 0 Å². The fourth-order valence-electron chi connectivity index (χ4n) is 1.66. The second-order valence-electron chi connectivity index (χ2n) is 3.63. The molecule has 0 spiro atoms. The van der Waals surface area contributed by atoms with Crippen molar-refractivity contribution in [2.45, 2.75) is 25.7 Å². The molecule has 1 unspecified atom stereocenters. The van der Waals surface area contributed by atoms with Crippen LogP contribution in [0.1, 0.15) is 31.2 Å². The maximum absolute atomic E-state index is 10.7. The van der Waals surface area contributed by atoms with Crippen LogP contribution in [0.15, 0.2) is 18.2 Å². The third-order valence-electron chi connectivity index (χ3n) is 2.59. The number of carbonyl (C=O) groups is 1. The lowest BCUT2D eigenvalue weighted by molar-refractivity contribution is -0.137. The standard InChI is InChI=1S/C12H16O4/c1-3-8(7-12(14)15)9-4-5-10(13)11(6-9)16-2/h4-6,8,13H,3,7H2,1-2H3,(H,14,15). The number of benzene rings is 1. The number of methoxy groups -OCH3 is 1. The van der Waals surface area contributed by atoms with Gasteiger partial charge in [0.2, 0.25) is 0 Å². The summed E-state index contributed by atoms with van der Waals surface area (Å²) >= 11 is 0. The quantitative estimate of drug-likeness (QED) is 0.805. The first-order valence-electron chi connectivity index (χ1n) is 5.17. The molecule has 0 saturated heterocycles. The SMILES string of the molecule is CCC(CC(=O)O)c1ccc(O)c(OC)c1. The highest BCUT2D eigenvalue weighted by atomic mass is 16.5. The number of rotatable bonds is 5. The Morgan fingerprint density at radius 1 is 1.50 bits per heavy atom. The summed E-state index contributed by atoms with van der Waals surface area (Å²) in [6.07, 6.45) is 0.824. The minimum Gasteiger partial charge on any atom is -0.504 e. The largest absolute Gasteiger partial charge is 0.504 e. The van der Waals surface area contributed by atoms with Crippen LogP contribution in [-0.4, -0.2) is 23.3 Å². The van der Waals surface area contributed by atoms with Crippen molar-refractivity contribution in [1.29, 1.82) is 0 Å². The summed E-state index contributed by atoms with van der Waals surface area (Å²) in [7, 11) is 1.47. The first-order chi connectivity index (χ1) is 7.58. The highest BCUT2D eigenvalue weighted by Gasteiger charge is 2.15. The van der Waals surface area contributed by atoms with E-state index in [-0.39, 0.29) is 18.1 Å². The Kier molecular flexibility index (Phi) is 4.17. The van der Waals surface area contributed by atoms with Crippen molar-refractivity contribution in [1.82, 2.24) is 0 Å². The van der Waals surface area contributed by atoms with Gasteiger partial charge in [0, 0.05) is 0 Å². The number of ether oxygens (including phenoxy) is 1. The van der Waals surface area contributed by atoms with Gasteiger partial charge in [-0.3, -0.25) is 4.79 Å². The van der Waals surface area contributed by atoms with Crippen LogP contribution in [-0.2, 0) is 4.79 Å². The molecule has 1 rings (SSSR count). The molecule has 16 heavy (non-hydrogen) atoms. The summed E-state index contributed by atoms with van der Waals surface area (Å²) in [6, 6.07) is 4.94. The monoisotopic (exact) mass is 224 g/mol. The lowest BCUT2D eigenvalue weighted by Crippen LogP contribution is -2.05. The van der Waals surface area contributed by atoms with Crippen LogP contribution in [0.2, 0.25) is 0 Å². The topological polar surface area (TPSA) is 66.8 Å². The fraction of sp³-hybridized carbons (Fsp3) is 0.417. The predicted octanol–water partition coefficient (Wildman–Crippen LogP) is 2.37. The van der Waals surface area contributed by atoms with E-state index in [9.17, 15) is 9.90 Å². The third-order valence-corrected chi connectivity index (χ3v) is 2.59. The van der Waals surface area contributed by atoms with Gasteiger partial charge in [-0.25, -0.2) is 0 Å². The first kappa shape index (κ1) is 12.4. The molecule has 4 nitrogen and oxygen atoms in total. The second-order valence-corrected chi connectivity index (χ2v) is 3.63. The van der Waals surface area contributed by atoms with Crippen LogP contribution in [0.4, 0.5) is 0 Å². The fourth-order valence-corrected chi connectivity index (χ4v) is 1.66. The van der Waals surface area contributed by atoms with Crippen LogP contribution < -0.4 is 4.74 Å². The minimum atomic E-state index is -0.820. The molecule has 0 saturated carbocycles. The second kappa shape index (κ2) is 5.39. The minimum absolute atomic E-state index is 0.0491. The zero-order chi connectivity index (χ0) is 12.1. The summed E-state index contributed by atoms with van der Waals surface area (Å²) in [4.78, 5) is 10.7. The van der Waals surface area contributed by atoms with Gasteiger partial charge < -0.3 is 14.9 Å². The van der Waals surface area contributed by atoms with Crippen LogP contribution >= 0.6 is 0 Å². The number of phenolic OH excluding ortho intramolecular Hbond substituents is 1. The average Bonchev–Trinajstić information content (AvgIpc) is 2.26. The van der Waals surface area contributed by atoms with E-state index in [1.165, 1.54) is 13.2 Å². The van der Waals surface area contributed by atoms with Gasteiger partial charge >= 0.3 is 5.97 Å². The summed E-state index contributed by atoms with van der Waals surface area (Å²) in [5.74, 6) is -0.427. The molecule has 0 fully saturated rings. The average molecular weight is 224 g/mol. The maximum Gasteiger partial charge on any atom is 0.303 e. The highest BCUT2D eigenvalue weighted by molar-refractivity contribution is 5.68. The predicted molar refractivity (Wildman–Crippen MR) is 59.9 cm³/mol. The smallest absolute Gasteiger partial charge is 0.303 e. The van der Waals surface area contributed by atoms with Crippen molar-refractivity contribution in [3.05, 3.63) is 23.8 Å². The molecule has 0 aliphatic heterocycles. The van der Waals surface area contributed by atoms with E-state index in [4.69, 9.17) is 9.84 Å². The lowest BCUT2D eigenvalue weighted by Gasteiger charge is -2.14. The van der Waals surface area contributed by atoms with E-state index in [2.05, 4.69) is 0 Å². The number of hydrogen-bond donors (Lipinski definition) is 2. The molecule has 4 heteroatoms. The Labute approximate surface area is 94.5 Å². The van der Waals surface area contributed by atoms with E-state index in [0.717, 1.165) is 12.0 Å². The molecule has 0 radical (unpaired) electrons. The van der Waals surface area contributed by atoms with E-state index in [1.54, 1.807) is 12.1 Å². The van der Waals surface area contributed by atoms with Gasteiger partial charge in [0.25, 0.3) is 0 Å². The van der Waals surface area contributed by atoms with Gasteiger partial charge in [-0.05, 0) is 30.0 Å². The maximum atomic E-state index is 10.7. The Hall–Kier alpha value is -1.71. The molecule has 88 valence electrons. The first-order valence-corrected chi connectivity index (χ1v) is 5.17. The van der Waals surface area contributed by atoms with Crippen molar-refractivity contribution in [2.75, 3.05) is 7.11 Å².